The van der Waals surface area contributed by atoms with Gasteiger partial charge in [-0.3, -0.25) is 0 Å². The Morgan fingerprint density at radius 3 is 2.88 bits per heavy atom. The van der Waals surface area contributed by atoms with Crippen molar-refractivity contribution in [2.45, 2.75) is 6.92 Å². The van der Waals surface area contributed by atoms with Crippen LogP contribution in [0.1, 0.15) is 17.3 Å². The van der Waals surface area contributed by atoms with Gasteiger partial charge in [0.05, 0.1) is 17.6 Å². The third-order valence-corrected chi connectivity index (χ3v) is 3.16. The molecule has 0 aliphatic heterocycles. The molecule has 0 aliphatic carbocycles. The Bertz CT molecular complexity index is 551. The number of ether oxygens (including phenoxy) is 1. The number of thiophene rings is 1. The van der Waals surface area contributed by atoms with Crippen molar-refractivity contribution >= 4 is 33.3 Å². The predicted octanol–water partition coefficient (Wildman–Crippen LogP) is 1.93. The number of anilines is 1. The highest BCUT2D eigenvalue weighted by Gasteiger charge is 2.18. The number of fused-ring (bicyclic) bond motifs is 1. The quantitative estimate of drug-likeness (QED) is 0.780. The van der Waals surface area contributed by atoms with E-state index in [0.29, 0.717) is 12.2 Å². The molecule has 2 rings (SSSR count). The van der Waals surface area contributed by atoms with Crippen LogP contribution >= 0.6 is 11.3 Å². The number of esters is 1. The van der Waals surface area contributed by atoms with Crippen LogP contribution < -0.4 is 4.90 Å². The van der Waals surface area contributed by atoms with E-state index in [4.69, 9.17) is 4.74 Å². The third kappa shape index (κ3) is 2.08. The van der Waals surface area contributed by atoms with Gasteiger partial charge in [0.25, 0.3) is 0 Å². The molecule has 0 N–H and O–H groups in total. The number of carbonyl (C=O) groups is 1. The van der Waals surface area contributed by atoms with E-state index < -0.39 is 0 Å². The summed E-state index contributed by atoms with van der Waals surface area (Å²) in [6, 6.07) is 0. The molecule has 0 spiro atoms. The van der Waals surface area contributed by atoms with Crippen molar-refractivity contribution in [1.82, 2.24) is 9.97 Å². The molecule has 0 bridgehead atoms. The van der Waals surface area contributed by atoms with Gasteiger partial charge in [0.1, 0.15) is 17.0 Å². The van der Waals surface area contributed by atoms with Crippen molar-refractivity contribution in [3.05, 3.63) is 17.3 Å². The minimum Gasteiger partial charge on any atom is -0.462 e. The number of aromatic nitrogens is 2. The topological polar surface area (TPSA) is 55.3 Å². The first kappa shape index (κ1) is 11.8. The van der Waals surface area contributed by atoms with Gasteiger partial charge in [-0.2, -0.15) is 0 Å². The van der Waals surface area contributed by atoms with Gasteiger partial charge in [-0.15, -0.1) is 11.3 Å². The summed E-state index contributed by atoms with van der Waals surface area (Å²) >= 11 is 1.42. The standard InChI is InChI=1S/C11H13N3O2S/c1-4-16-11(15)7-5-17-10-8(7)9(14(2)3)12-6-13-10/h5-6H,4H2,1-3H3. The van der Waals surface area contributed by atoms with E-state index in [2.05, 4.69) is 9.97 Å². The highest BCUT2D eigenvalue weighted by molar-refractivity contribution is 7.17. The second kappa shape index (κ2) is 4.67. The number of hydrogen-bond acceptors (Lipinski definition) is 6. The second-order valence-corrected chi connectivity index (χ2v) is 4.50. The van der Waals surface area contributed by atoms with Gasteiger partial charge in [0.15, 0.2) is 0 Å². The van der Waals surface area contributed by atoms with Crippen molar-refractivity contribution < 1.29 is 9.53 Å². The van der Waals surface area contributed by atoms with E-state index in [0.717, 1.165) is 16.0 Å². The van der Waals surface area contributed by atoms with Crippen LogP contribution in [0.15, 0.2) is 11.7 Å². The van der Waals surface area contributed by atoms with Gasteiger partial charge in [0, 0.05) is 19.5 Å². The van der Waals surface area contributed by atoms with Crippen molar-refractivity contribution in [3.8, 4) is 0 Å². The van der Waals surface area contributed by atoms with Crippen LogP contribution in [0.5, 0.6) is 0 Å². The molecule has 5 nitrogen and oxygen atoms in total. The highest BCUT2D eigenvalue weighted by Crippen LogP contribution is 2.30. The molecule has 0 atom stereocenters. The van der Waals surface area contributed by atoms with Crippen molar-refractivity contribution in [2.75, 3.05) is 25.6 Å². The number of carbonyl (C=O) groups excluding carboxylic acids is 1. The van der Waals surface area contributed by atoms with E-state index in [1.807, 2.05) is 19.0 Å². The van der Waals surface area contributed by atoms with E-state index in [9.17, 15) is 4.79 Å². The van der Waals surface area contributed by atoms with E-state index in [1.165, 1.54) is 17.7 Å². The average molecular weight is 251 g/mol. The summed E-state index contributed by atoms with van der Waals surface area (Å²) < 4.78 is 5.02. The van der Waals surface area contributed by atoms with Crippen LogP contribution in [-0.4, -0.2) is 36.6 Å². The molecule has 0 fully saturated rings. The van der Waals surface area contributed by atoms with Crippen LogP contribution in [0, 0.1) is 0 Å². The first-order valence-corrected chi connectivity index (χ1v) is 6.09. The lowest BCUT2D eigenvalue weighted by molar-refractivity contribution is 0.0529. The summed E-state index contributed by atoms with van der Waals surface area (Å²) in [5, 5.41) is 2.53. The molecule has 0 amide bonds. The summed E-state index contributed by atoms with van der Waals surface area (Å²) in [7, 11) is 3.77. The molecule has 0 saturated heterocycles. The molecule has 90 valence electrons. The normalized spacial score (nSPS) is 10.5. The Labute approximate surface area is 103 Å². The van der Waals surface area contributed by atoms with Gasteiger partial charge in [-0.05, 0) is 6.92 Å². The van der Waals surface area contributed by atoms with Crippen LogP contribution in [0.2, 0.25) is 0 Å². The van der Waals surface area contributed by atoms with Gasteiger partial charge in [0.2, 0.25) is 0 Å². The Morgan fingerprint density at radius 2 is 2.24 bits per heavy atom. The third-order valence-electron chi connectivity index (χ3n) is 2.27. The SMILES string of the molecule is CCOC(=O)c1csc2ncnc(N(C)C)c12. The average Bonchev–Trinajstić information content (AvgIpc) is 2.72. The lowest BCUT2D eigenvalue weighted by atomic mass is 10.2. The van der Waals surface area contributed by atoms with Gasteiger partial charge in [-0.25, -0.2) is 14.8 Å². The summed E-state index contributed by atoms with van der Waals surface area (Å²) in [6.07, 6.45) is 1.50. The van der Waals surface area contributed by atoms with Crippen molar-refractivity contribution in [3.63, 3.8) is 0 Å². The molecule has 0 saturated carbocycles. The zero-order valence-electron chi connectivity index (χ0n) is 9.93. The van der Waals surface area contributed by atoms with Crippen LogP contribution in [0.3, 0.4) is 0 Å². The number of nitrogens with zero attached hydrogens (tertiary/aromatic N) is 3. The van der Waals surface area contributed by atoms with Gasteiger partial charge < -0.3 is 9.64 Å². The molecule has 0 radical (unpaired) electrons. The fourth-order valence-corrected chi connectivity index (χ4v) is 2.43. The Hall–Kier alpha value is -1.69. The molecular weight excluding hydrogens is 238 g/mol. The van der Waals surface area contributed by atoms with E-state index >= 15 is 0 Å². The monoisotopic (exact) mass is 251 g/mol. The molecule has 0 unspecified atom stereocenters. The summed E-state index contributed by atoms with van der Waals surface area (Å²) in [4.78, 5) is 22.8. The lowest BCUT2D eigenvalue weighted by Gasteiger charge is -2.12. The van der Waals surface area contributed by atoms with Crippen LogP contribution in [0.4, 0.5) is 5.82 Å². The van der Waals surface area contributed by atoms with Crippen LogP contribution in [0.25, 0.3) is 10.2 Å². The molecule has 0 aliphatic rings. The second-order valence-electron chi connectivity index (χ2n) is 3.64. The van der Waals surface area contributed by atoms with Crippen LogP contribution in [-0.2, 0) is 4.74 Å². The first-order valence-electron chi connectivity index (χ1n) is 5.21. The maximum Gasteiger partial charge on any atom is 0.339 e. The molecule has 2 aromatic heterocycles. The van der Waals surface area contributed by atoms with Crippen molar-refractivity contribution in [1.29, 1.82) is 0 Å². The van der Waals surface area contributed by atoms with E-state index in [-0.39, 0.29) is 5.97 Å². The number of hydrogen-bond donors (Lipinski definition) is 0. The molecule has 17 heavy (non-hydrogen) atoms. The lowest BCUT2D eigenvalue weighted by Crippen LogP contribution is -2.12. The first-order chi connectivity index (χ1) is 8.15. The highest BCUT2D eigenvalue weighted by atomic mass is 32.1. The minimum absolute atomic E-state index is 0.323. The largest absolute Gasteiger partial charge is 0.462 e. The summed E-state index contributed by atoms with van der Waals surface area (Å²) in [5.74, 6) is 0.413. The van der Waals surface area contributed by atoms with Gasteiger partial charge >= 0.3 is 5.97 Å². The minimum atomic E-state index is -0.323. The molecule has 2 aromatic rings. The Kier molecular flexibility index (Phi) is 3.23. The summed E-state index contributed by atoms with van der Waals surface area (Å²) in [6.45, 7) is 2.15. The summed E-state index contributed by atoms with van der Waals surface area (Å²) in [5.41, 5.74) is 0.538. The predicted molar refractivity (Wildman–Crippen MR) is 67.7 cm³/mol. The zero-order chi connectivity index (χ0) is 12.4. The van der Waals surface area contributed by atoms with E-state index in [1.54, 1.807) is 12.3 Å². The smallest absolute Gasteiger partial charge is 0.339 e. The zero-order valence-corrected chi connectivity index (χ0v) is 10.7. The molecular formula is C11H13N3O2S. The Morgan fingerprint density at radius 1 is 1.47 bits per heavy atom. The van der Waals surface area contributed by atoms with Gasteiger partial charge in [-0.1, -0.05) is 0 Å². The molecule has 6 heteroatoms. The fourth-order valence-electron chi connectivity index (χ4n) is 1.56. The molecule has 2 heterocycles. The maximum absolute atomic E-state index is 11.8. The molecule has 0 aromatic carbocycles. The fraction of sp³-hybridized carbons (Fsp3) is 0.364. The van der Waals surface area contributed by atoms with Crippen molar-refractivity contribution in [2.24, 2.45) is 0 Å². The Balaban J connectivity index is 2.61. The number of rotatable bonds is 3. The maximum atomic E-state index is 11.8.